The van der Waals surface area contributed by atoms with Gasteiger partial charge in [-0.1, -0.05) is 0 Å². The van der Waals surface area contributed by atoms with Crippen molar-refractivity contribution in [2.45, 2.75) is 45.6 Å². The maximum atomic E-state index is 12.1. The van der Waals surface area contributed by atoms with E-state index < -0.39 is 0 Å². The normalized spacial score (nSPS) is 25.8. The molecule has 1 amide bonds. The summed E-state index contributed by atoms with van der Waals surface area (Å²) in [6, 6.07) is 0.357. The summed E-state index contributed by atoms with van der Waals surface area (Å²) in [4.78, 5) is 14.2. The van der Waals surface area contributed by atoms with Crippen molar-refractivity contribution in [3.8, 4) is 0 Å². The highest BCUT2D eigenvalue weighted by Gasteiger charge is 2.35. The lowest BCUT2D eigenvalue weighted by atomic mass is 9.98. The predicted octanol–water partition coefficient (Wildman–Crippen LogP) is 1.63. The molecule has 0 radical (unpaired) electrons. The Kier molecular flexibility index (Phi) is 3.85. The predicted molar refractivity (Wildman–Crippen MR) is 65.2 cm³/mol. The minimum Gasteiger partial charge on any atom is -0.340 e. The molecular formula is C13H24N2O. The molecule has 0 aromatic heterocycles. The zero-order chi connectivity index (χ0) is 11.5. The molecule has 1 saturated carbocycles. The summed E-state index contributed by atoms with van der Waals surface area (Å²) in [6.45, 7) is 7.46. The second kappa shape index (κ2) is 5.17. The van der Waals surface area contributed by atoms with E-state index in [1.54, 1.807) is 0 Å². The largest absolute Gasteiger partial charge is 0.340 e. The van der Waals surface area contributed by atoms with Crippen LogP contribution in [0.25, 0.3) is 0 Å². The second-order valence-electron chi connectivity index (χ2n) is 5.57. The molecule has 1 unspecified atom stereocenters. The molecule has 1 saturated heterocycles. The number of hydrogen-bond acceptors (Lipinski definition) is 2. The van der Waals surface area contributed by atoms with Gasteiger partial charge < -0.3 is 10.2 Å². The van der Waals surface area contributed by atoms with E-state index in [0.29, 0.717) is 23.8 Å². The van der Waals surface area contributed by atoms with Crippen LogP contribution in [0.1, 0.15) is 39.5 Å². The number of rotatable bonds is 4. The summed E-state index contributed by atoms with van der Waals surface area (Å²) in [7, 11) is 0. The van der Waals surface area contributed by atoms with Gasteiger partial charge in [-0.3, -0.25) is 4.79 Å². The van der Waals surface area contributed by atoms with E-state index in [1.165, 1.54) is 12.8 Å². The summed E-state index contributed by atoms with van der Waals surface area (Å²) in [5.74, 6) is 1.43. The third-order valence-corrected chi connectivity index (χ3v) is 3.69. The van der Waals surface area contributed by atoms with Crippen LogP contribution in [-0.2, 0) is 4.79 Å². The number of amides is 1. The minimum atomic E-state index is 0.357. The zero-order valence-electron chi connectivity index (χ0n) is 10.5. The summed E-state index contributed by atoms with van der Waals surface area (Å²) in [5.41, 5.74) is 0. The van der Waals surface area contributed by atoms with Gasteiger partial charge in [0.15, 0.2) is 0 Å². The van der Waals surface area contributed by atoms with E-state index >= 15 is 0 Å². The van der Waals surface area contributed by atoms with E-state index in [2.05, 4.69) is 24.1 Å². The van der Waals surface area contributed by atoms with Crippen LogP contribution in [0.2, 0.25) is 0 Å². The van der Waals surface area contributed by atoms with Crippen LogP contribution in [0, 0.1) is 11.8 Å². The summed E-state index contributed by atoms with van der Waals surface area (Å²) in [5, 5.41) is 3.42. The number of piperidine rings is 1. The fourth-order valence-corrected chi connectivity index (χ4v) is 2.48. The molecule has 3 heteroatoms. The summed E-state index contributed by atoms with van der Waals surface area (Å²) < 4.78 is 0. The van der Waals surface area contributed by atoms with Gasteiger partial charge in [0.25, 0.3) is 0 Å². The first kappa shape index (κ1) is 11.9. The van der Waals surface area contributed by atoms with E-state index in [9.17, 15) is 4.79 Å². The van der Waals surface area contributed by atoms with Gasteiger partial charge >= 0.3 is 0 Å². The van der Waals surface area contributed by atoms with Crippen LogP contribution in [-0.4, -0.2) is 36.5 Å². The van der Waals surface area contributed by atoms with E-state index in [-0.39, 0.29) is 0 Å². The van der Waals surface area contributed by atoms with Gasteiger partial charge in [-0.2, -0.15) is 0 Å². The average Bonchev–Trinajstić information content (AvgIpc) is 3.10. The first-order valence-electron chi connectivity index (χ1n) is 6.69. The number of nitrogens with one attached hydrogen (secondary N) is 1. The molecule has 1 atom stereocenters. The van der Waals surface area contributed by atoms with Gasteiger partial charge in [0, 0.05) is 18.5 Å². The molecule has 1 N–H and O–H groups in total. The third-order valence-electron chi connectivity index (χ3n) is 3.69. The maximum absolute atomic E-state index is 12.1. The Hall–Kier alpha value is -0.570. The van der Waals surface area contributed by atoms with Gasteiger partial charge in [0.1, 0.15) is 0 Å². The zero-order valence-corrected chi connectivity index (χ0v) is 10.5. The molecule has 1 aliphatic heterocycles. The Morgan fingerprint density at radius 1 is 1.38 bits per heavy atom. The average molecular weight is 224 g/mol. The minimum absolute atomic E-state index is 0.357. The molecular weight excluding hydrogens is 200 g/mol. The molecule has 2 fully saturated rings. The number of carbonyl (C=O) groups is 1. The molecule has 0 bridgehead atoms. The topological polar surface area (TPSA) is 32.3 Å². The van der Waals surface area contributed by atoms with E-state index in [0.717, 1.165) is 32.5 Å². The fraction of sp³-hybridized carbons (Fsp3) is 0.923. The lowest BCUT2D eigenvalue weighted by molar-refractivity contribution is -0.135. The number of hydrogen-bond donors (Lipinski definition) is 1. The maximum Gasteiger partial charge on any atom is 0.225 e. The molecule has 0 aromatic carbocycles. The van der Waals surface area contributed by atoms with Gasteiger partial charge in [0.2, 0.25) is 5.91 Å². The molecule has 92 valence electrons. The monoisotopic (exact) mass is 224 g/mol. The molecule has 1 aliphatic carbocycles. The lowest BCUT2D eigenvalue weighted by Gasteiger charge is -2.33. The van der Waals surface area contributed by atoms with Crippen molar-refractivity contribution in [1.29, 1.82) is 0 Å². The molecule has 0 spiro atoms. The standard InChI is InChI=1S/C13H24N2O/c1-10(2)15(13(16)12-5-6-12)9-11-4-3-7-14-8-11/h10-12,14H,3-9H2,1-2H3. The van der Waals surface area contributed by atoms with Crippen molar-refractivity contribution in [2.24, 2.45) is 11.8 Å². The van der Waals surface area contributed by atoms with Crippen LogP contribution >= 0.6 is 0 Å². The fourth-order valence-electron chi connectivity index (χ4n) is 2.48. The van der Waals surface area contributed by atoms with Gasteiger partial charge in [-0.25, -0.2) is 0 Å². The summed E-state index contributed by atoms with van der Waals surface area (Å²) in [6.07, 6.45) is 4.76. The molecule has 1 heterocycles. The highest BCUT2D eigenvalue weighted by Crippen LogP contribution is 2.32. The van der Waals surface area contributed by atoms with Crippen molar-refractivity contribution >= 4 is 5.91 Å². The van der Waals surface area contributed by atoms with Gasteiger partial charge in [0.05, 0.1) is 0 Å². The quantitative estimate of drug-likeness (QED) is 0.787. The van der Waals surface area contributed by atoms with Crippen LogP contribution in [0.5, 0.6) is 0 Å². The lowest BCUT2D eigenvalue weighted by Crippen LogP contribution is -2.44. The van der Waals surface area contributed by atoms with E-state index in [1.807, 2.05) is 0 Å². The van der Waals surface area contributed by atoms with Crippen LogP contribution < -0.4 is 5.32 Å². The Balaban J connectivity index is 1.88. The number of carbonyl (C=O) groups excluding carboxylic acids is 1. The van der Waals surface area contributed by atoms with Gasteiger partial charge in [-0.15, -0.1) is 0 Å². The third kappa shape index (κ3) is 2.97. The molecule has 16 heavy (non-hydrogen) atoms. The molecule has 3 nitrogen and oxygen atoms in total. The first-order chi connectivity index (χ1) is 7.68. The van der Waals surface area contributed by atoms with E-state index in [4.69, 9.17) is 0 Å². The SMILES string of the molecule is CC(C)N(CC1CCCNC1)C(=O)C1CC1. The molecule has 2 rings (SSSR count). The highest BCUT2D eigenvalue weighted by molar-refractivity contribution is 5.81. The van der Waals surface area contributed by atoms with Crippen LogP contribution in [0.15, 0.2) is 0 Å². The Bertz CT molecular complexity index is 242. The number of nitrogens with zero attached hydrogens (tertiary/aromatic N) is 1. The van der Waals surface area contributed by atoms with Crippen LogP contribution in [0.3, 0.4) is 0 Å². The Morgan fingerprint density at radius 3 is 2.62 bits per heavy atom. The van der Waals surface area contributed by atoms with Crippen molar-refractivity contribution < 1.29 is 4.79 Å². The Labute approximate surface area is 98.6 Å². The van der Waals surface area contributed by atoms with Crippen molar-refractivity contribution in [3.05, 3.63) is 0 Å². The molecule has 2 aliphatic rings. The second-order valence-corrected chi connectivity index (χ2v) is 5.57. The van der Waals surface area contributed by atoms with Crippen molar-refractivity contribution in [2.75, 3.05) is 19.6 Å². The molecule has 0 aromatic rings. The first-order valence-corrected chi connectivity index (χ1v) is 6.69. The van der Waals surface area contributed by atoms with Crippen molar-refractivity contribution in [3.63, 3.8) is 0 Å². The Morgan fingerprint density at radius 2 is 2.12 bits per heavy atom. The smallest absolute Gasteiger partial charge is 0.225 e. The van der Waals surface area contributed by atoms with Crippen LogP contribution in [0.4, 0.5) is 0 Å². The van der Waals surface area contributed by atoms with Crippen molar-refractivity contribution in [1.82, 2.24) is 10.2 Å². The highest BCUT2D eigenvalue weighted by atomic mass is 16.2. The summed E-state index contributed by atoms with van der Waals surface area (Å²) >= 11 is 0. The van der Waals surface area contributed by atoms with Gasteiger partial charge in [-0.05, 0) is 58.5 Å².